The zero-order valence-corrected chi connectivity index (χ0v) is 24.0. The van der Waals surface area contributed by atoms with Crippen molar-refractivity contribution in [2.24, 2.45) is 46.8 Å². The minimum absolute atomic E-state index is 0.0743. The van der Waals surface area contributed by atoms with E-state index in [0.717, 1.165) is 42.9 Å². The summed E-state index contributed by atoms with van der Waals surface area (Å²) in [5.41, 5.74) is 0.179. The molecule has 0 radical (unpaired) electrons. The molecule has 5 aliphatic carbocycles. The fourth-order valence-corrected chi connectivity index (χ4v) is 11.4. The van der Waals surface area contributed by atoms with Crippen LogP contribution in [-0.4, -0.2) is 34.6 Å². The third kappa shape index (κ3) is 5.46. The molecule has 0 amide bonds. The lowest BCUT2D eigenvalue weighted by Crippen LogP contribution is -2.55. The summed E-state index contributed by atoms with van der Waals surface area (Å²) in [6.07, 6.45) is 28.4. The van der Waals surface area contributed by atoms with E-state index in [0.29, 0.717) is 30.0 Å². The Morgan fingerprint density at radius 2 is 1.32 bits per heavy atom. The van der Waals surface area contributed by atoms with Crippen molar-refractivity contribution in [3.05, 3.63) is 0 Å². The lowest BCUT2D eigenvalue weighted by Gasteiger charge is -2.59. The predicted octanol–water partition coefficient (Wildman–Crippen LogP) is 8.06. The molecule has 1 saturated heterocycles. The highest BCUT2D eigenvalue weighted by atomic mass is 16.6. The van der Waals surface area contributed by atoms with Crippen LogP contribution in [0.1, 0.15) is 142 Å². The summed E-state index contributed by atoms with van der Waals surface area (Å²) in [5.74, 6) is 4.90. The summed E-state index contributed by atoms with van der Waals surface area (Å²) in [7, 11) is 0. The molecule has 0 bridgehead atoms. The van der Waals surface area contributed by atoms with E-state index in [2.05, 4.69) is 6.92 Å². The van der Waals surface area contributed by atoms with Crippen LogP contribution in [0.2, 0.25) is 0 Å². The second kappa shape index (κ2) is 11.8. The number of aliphatic hydroxyl groups is 2. The van der Waals surface area contributed by atoms with Gasteiger partial charge in [-0.2, -0.15) is 0 Å². The van der Waals surface area contributed by atoms with Crippen molar-refractivity contribution in [3.8, 4) is 0 Å². The topological polar surface area (TPSA) is 53.0 Å². The Bertz CT molecular complexity index is 727. The van der Waals surface area contributed by atoms with Gasteiger partial charge >= 0.3 is 0 Å². The summed E-state index contributed by atoms with van der Waals surface area (Å²) >= 11 is 0. The van der Waals surface area contributed by atoms with Gasteiger partial charge in [-0.05, 0) is 99.7 Å². The average molecular weight is 515 g/mol. The zero-order valence-electron chi connectivity index (χ0n) is 24.0. The summed E-state index contributed by atoms with van der Waals surface area (Å²) in [5, 5.41) is 23.3. The van der Waals surface area contributed by atoms with Crippen molar-refractivity contribution in [3.63, 3.8) is 0 Å². The third-order valence-corrected chi connectivity index (χ3v) is 13.1. The number of rotatable bonds is 6. The standard InChI is InChI=1S/C34H58O3/c1-23-33(37-23)27-18-19-30(35)29(22-27)25-13-10-14-26(21-25)32(24-11-4-2-5-12-24)34(20-9-8-17-31(34)36)28-15-6-3-7-16-28/h23-33,35-36H,2-22H2,1H3. The molecule has 37 heavy (non-hydrogen) atoms. The van der Waals surface area contributed by atoms with Crippen LogP contribution in [0, 0.1) is 46.8 Å². The minimum Gasteiger partial charge on any atom is -0.393 e. The Kier molecular flexibility index (Phi) is 8.62. The third-order valence-electron chi connectivity index (χ3n) is 13.1. The molecule has 3 heteroatoms. The summed E-state index contributed by atoms with van der Waals surface area (Å²) in [4.78, 5) is 0. The maximum absolute atomic E-state index is 12.0. The average Bonchev–Trinajstić information content (AvgIpc) is 3.68. The first kappa shape index (κ1) is 27.1. The highest BCUT2D eigenvalue weighted by Gasteiger charge is 2.56. The van der Waals surface area contributed by atoms with E-state index in [-0.39, 0.29) is 17.6 Å². The second-order valence-corrected chi connectivity index (χ2v) is 14.9. The predicted molar refractivity (Wildman–Crippen MR) is 150 cm³/mol. The van der Waals surface area contributed by atoms with Gasteiger partial charge in [0.2, 0.25) is 0 Å². The molecule has 0 aromatic carbocycles. The van der Waals surface area contributed by atoms with E-state index in [1.807, 2.05) is 0 Å². The van der Waals surface area contributed by atoms with E-state index < -0.39 is 0 Å². The second-order valence-electron chi connectivity index (χ2n) is 14.9. The van der Waals surface area contributed by atoms with E-state index in [9.17, 15) is 10.2 Å². The van der Waals surface area contributed by atoms with Crippen molar-refractivity contribution in [1.82, 2.24) is 0 Å². The Morgan fingerprint density at radius 1 is 0.649 bits per heavy atom. The summed E-state index contributed by atoms with van der Waals surface area (Å²) < 4.78 is 5.93. The van der Waals surface area contributed by atoms with Crippen LogP contribution in [0.25, 0.3) is 0 Å². The molecule has 10 atom stereocenters. The van der Waals surface area contributed by atoms with E-state index in [1.165, 1.54) is 116 Å². The first-order valence-corrected chi connectivity index (χ1v) is 17.1. The zero-order chi connectivity index (χ0) is 25.4. The molecule has 0 aromatic heterocycles. The van der Waals surface area contributed by atoms with Gasteiger partial charge in [0, 0.05) is 5.41 Å². The van der Waals surface area contributed by atoms with Crippen molar-refractivity contribution in [1.29, 1.82) is 0 Å². The molecule has 212 valence electrons. The Balaban J connectivity index is 1.28. The van der Waals surface area contributed by atoms with Crippen LogP contribution < -0.4 is 0 Å². The molecule has 6 rings (SSSR count). The molecule has 0 aromatic rings. The monoisotopic (exact) mass is 514 g/mol. The number of ether oxygens (including phenoxy) is 1. The maximum Gasteiger partial charge on any atom is 0.0867 e. The molecule has 5 saturated carbocycles. The van der Waals surface area contributed by atoms with Gasteiger partial charge in [0.1, 0.15) is 0 Å². The molecule has 1 heterocycles. The molecule has 10 unspecified atom stereocenters. The van der Waals surface area contributed by atoms with Crippen LogP contribution >= 0.6 is 0 Å². The normalized spacial score (nSPS) is 47.4. The van der Waals surface area contributed by atoms with Gasteiger partial charge in [-0.15, -0.1) is 0 Å². The van der Waals surface area contributed by atoms with Crippen molar-refractivity contribution < 1.29 is 14.9 Å². The number of epoxide rings is 1. The number of aliphatic hydroxyl groups excluding tert-OH is 2. The number of hydrogen-bond donors (Lipinski definition) is 2. The fraction of sp³-hybridized carbons (Fsp3) is 1.00. The largest absolute Gasteiger partial charge is 0.393 e. The van der Waals surface area contributed by atoms with Crippen molar-refractivity contribution in [2.45, 2.75) is 166 Å². The van der Waals surface area contributed by atoms with Crippen LogP contribution in [0.5, 0.6) is 0 Å². The van der Waals surface area contributed by atoms with Crippen LogP contribution in [-0.2, 0) is 4.74 Å². The van der Waals surface area contributed by atoms with Gasteiger partial charge in [-0.1, -0.05) is 83.5 Å². The maximum atomic E-state index is 12.0. The Morgan fingerprint density at radius 3 is 2.03 bits per heavy atom. The summed E-state index contributed by atoms with van der Waals surface area (Å²) in [6, 6.07) is 0. The highest BCUT2D eigenvalue weighted by molar-refractivity contribution is 5.05. The molecule has 3 nitrogen and oxygen atoms in total. The van der Waals surface area contributed by atoms with Crippen LogP contribution in [0.15, 0.2) is 0 Å². The quantitative estimate of drug-likeness (QED) is 0.352. The van der Waals surface area contributed by atoms with Crippen molar-refractivity contribution >= 4 is 0 Å². The molecule has 2 N–H and O–H groups in total. The fourth-order valence-electron chi connectivity index (χ4n) is 11.4. The molecule has 6 aliphatic rings. The van der Waals surface area contributed by atoms with Gasteiger partial charge in [-0.3, -0.25) is 0 Å². The molecule has 0 spiro atoms. The first-order chi connectivity index (χ1) is 18.1. The lowest BCUT2D eigenvalue weighted by atomic mass is 9.47. The molecular formula is C34H58O3. The number of hydrogen-bond acceptors (Lipinski definition) is 3. The summed E-state index contributed by atoms with van der Waals surface area (Å²) in [6.45, 7) is 2.23. The molecule has 1 aliphatic heterocycles. The van der Waals surface area contributed by atoms with Gasteiger partial charge in [0.25, 0.3) is 0 Å². The van der Waals surface area contributed by atoms with Crippen LogP contribution in [0.3, 0.4) is 0 Å². The molecule has 6 fully saturated rings. The van der Waals surface area contributed by atoms with E-state index in [4.69, 9.17) is 4.74 Å². The SMILES string of the molecule is CC1OC1C1CCC(O)C(C2CCCC(C(C3CCCCC3)C3(C4CCCCC4)CCCCC3O)C2)C1. The van der Waals surface area contributed by atoms with E-state index in [1.54, 1.807) is 0 Å². The van der Waals surface area contributed by atoms with Gasteiger partial charge in [0.15, 0.2) is 0 Å². The highest BCUT2D eigenvalue weighted by Crippen LogP contribution is 2.61. The van der Waals surface area contributed by atoms with Gasteiger partial charge in [0.05, 0.1) is 24.4 Å². The molecular weight excluding hydrogens is 456 g/mol. The lowest BCUT2D eigenvalue weighted by molar-refractivity contribution is -0.148. The van der Waals surface area contributed by atoms with Crippen molar-refractivity contribution in [2.75, 3.05) is 0 Å². The first-order valence-electron chi connectivity index (χ1n) is 17.1. The van der Waals surface area contributed by atoms with Crippen LogP contribution in [0.4, 0.5) is 0 Å². The Labute approximate surface area is 227 Å². The van der Waals surface area contributed by atoms with Gasteiger partial charge in [-0.25, -0.2) is 0 Å². The minimum atomic E-state index is -0.102. The smallest absolute Gasteiger partial charge is 0.0867 e. The Hall–Kier alpha value is -0.120. The van der Waals surface area contributed by atoms with E-state index >= 15 is 0 Å². The van der Waals surface area contributed by atoms with Gasteiger partial charge < -0.3 is 14.9 Å².